The Morgan fingerprint density at radius 2 is 1.90 bits per heavy atom. The molecule has 0 saturated heterocycles. The molecule has 0 fully saturated rings. The van der Waals surface area contributed by atoms with Crippen molar-refractivity contribution in [3.05, 3.63) is 35.4 Å². The van der Waals surface area contributed by atoms with Gasteiger partial charge in [-0.2, -0.15) is 0 Å². The third kappa shape index (κ3) is 6.79. The van der Waals surface area contributed by atoms with Crippen molar-refractivity contribution in [3.63, 3.8) is 0 Å². The van der Waals surface area contributed by atoms with E-state index in [1.165, 1.54) is 0 Å². The molecule has 1 aromatic carbocycles. The normalized spacial score (nSPS) is 12.1. The lowest BCUT2D eigenvalue weighted by atomic mass is 10.1. The van der Waals surface area contributed by atoms with Gasteiger partial charge in [0.25, 0.3) is 5.91 Å². The number of benzene rings is 1. The molecular weight excluding hydrogens is 379 g/mol. The second kappa shape index (κ2) is 10.4. The second-order valence-corrected chi connectivity index (χ2v) is 4.66. The Bertz CT molecular complexity index is 459. The van der Waals surface area contributed by atoms with E-state index in [1.807, 2.05) is 24.3 Å². The van der Waals surface area contributed by atoms with Gasteiger partial charge in [-0.1, -0.05) is 19.1 Å². The van der Waals surface area contributed by atoms with Gasteiger partial charge in [0, 0.05) is 32.2 Å². The molecule has 1 aromatic rings. The lowest BCUT2D eigenvalue weighted by Gasteiger charge is -2.16. The number of nitrogens with one attached hydrogen (secondary N) is 3. The summed E-state index contributed by atoms with van der Waals surface area (Å²) in [6.45, 7) is 4.91. The molecule has 21 heavy (non-hydrogen) atoms. The molecule has 1 atom stereocenters. The number of hydrogen-bond donors (Lipinski definition) is 3. The molecule has 3 N–H and O–H groups in total. The fraction of sp³-hybridized carbons (Fsp3) is 0.467. The lowest BCUT2D eigenvalue weighted by Crippen LogP contribution is -2.41. The predicted molar refractivity (Wildman–Crippen MR) is 98.3 cm³/mol. The summed E-state index contributed by atoms with van der Waals surface area (Å²) in [5, 5.41) is 9.16. The highest BCUT2D eigenvalue weighted by atomic mass is 127. The Balaban J connectivity index is 0.00000400. The molecule has 0 saturated carbocycles. The third-order valence-corrected chi connectivity index (χ3v) is 3.12. The van der Waals surface area contributed by atoms with E-state index >= 15 is 0 Å². The number of hydrogen-bond acceptors (Lipinski definition) is 2. The topological polar surface area (TPSA) is 65.5 Å². The minimum Gasteiger partial charge on any atom is -0.355 e. The van der Waals surface area contributed by atoms with Crippen LogP contribution in [0, 0.1) is 0 Å². The van der Waals surface area contributed by atoms with Crippen molar-refractivity contribution in [1.29, 1.82) is 0 Å². The molecule has 0 heterocycles. The standard InChI is InChI=1S/C15H24N4O.HI/c1-5-11(2)19-15(17-4)18-10-12-6-8-13(9-7-12)14(20)16-3;/h6-9,11H,5,10H2,1-4H3,(H,16,20)(H2,17,18,19);1H. The molecule has 1 amide bonds. The van der Waals surface area contributed by atoms with Crippen molar-refractivity contribution in [2.45, 2.75) is 32.9 Å². The SMILES string of the molecule is CCC(C)NC(=NC)NCc1ccc(C(=O)NC)cc1.I. The van der Waals surface area contributed by atoms with Gasteiger partial charge in [-0.05, 0) is 31.0 Å². The molecule has 118 valence electrons. The highest BCUT2D eigenvalue weighted by Crippen LogP contribution is 2.04. The third-order valence-electron chi connectivity index (χ3n) is 3.12. The van der Waals surface area contributed by atoms with E-state index in [0.717, 1.165) is 17.9 Å². The van der Waals surface area contributed by atoms with Crippen LogP contribution >= 0.6 is 24.0 Å². The largest absolute Gasteiger partial charge is 0.355 e. The van der Waals surface area contributed by atoms with Crippen molar-refractivity contribution in [1.82, 2.24) is 16.0 Å². The van der Waals surface area contributed by atoms with Crippen LogP contribution in [0.1, 0.15) is 36.2 Å². The highest BCUT2D eigenvalue weighted by Gasteiger charge is 2.04. The molecular formula is C15H25IN4O. The maximum atomic E-state index is 11.4. The van der Waals surface area contributed by atoms with Crippen LogP contribution in [0.15, 0.2) is 29.3 Å². The van der Waals surface area contributed by atoms with Crippen molar-refractivity contribution < 1.29 is 4.79 Å². The van der Waals surface area contributed by atoms with Crippen LogP contribution in [-0.4, -0.2) is 32.0 Å². The highest BCUT2D eigenvalue weighted by molar-refractivity contribution is 14.0. The first-order valence-electron chi connectivity index (χ1n) is 6.88. The molecule has 1 unspecified atom stereocenters. The van der Waals surface area contributed by atoms with Gasteiger partial charge in [-0.15, -0.1) is 24.0 Å². The first-order valence-corrected chi connectivity index (χ1v) is 6.88. The first-order chi connectivity index (χ1) is 9.60. The van der Waals surface area contributed by atoms with Gasteiger partial charge in [-0.3, -0.25) is 9.79 Å². The Morgan fingerprint density at radius 1 is 1.29 bits per heavy atom. The van der Waals surface area contributed by atoms with E-state index < -0.39 is 0 Å². The number of nitrogens with zero attached hydrogens (tertiary/aromatic N) is 1. The van der Waals surface area contributed by atoms with E-state index in [9.17, 15) is 4.79 Å². The molecule has 0 aliphatic rings. The molecule has 0 spiro atoms. The zero-order chi connectivity index (χ0) is 15.0. The fourth-order valence-electron chi connectivity index (χ4n) is 1.63. The molecule has 0 aromatic heterocycles. The monoisotopic (exact) mass is 404 g/mol. The van der Waals surface area contributed by atoms with Crippen LogP contribution in [0.4, 0.5) is 0 Å². The zero-order valence-electron chi connectivity index (χ0n) is 13.1. The van der Waals surface area contributed by atoms with E-state index in [2.05, 4.69) is 34.8 Å². The summed E-state index contributed by atoms with van der Waals surface area (Å²) in [4.78, 5) is 15.6. The Hall–Kier alpha value is -1.31. The Kier molecular flexibility index (Phi) is 9.77. The zero-order valence-corrected chi connectivity index (χ0v) is 15.4. The number of guanidine groups is 1. The van der Waals surface area contributed by atoms with Gasteiger partial charge in [0.15, 0.2) is 5.96 Å². The lowest BCUT2D eigenvalue weighted by molar-refractivity contribution is 0.0963. The quantitative estimate of drug-likeness (QED) is 0.400. The maximum absolute atomic E-state index is 11.4. The molecule has 0 bridgehead atoms. The summed E-state index contributed by atoms with van der Waals surface area (Å²) in [5.41, 5.74) is 1.77. The summed E-state index contributed by atoms with van der Waals surface area (Å²) < 4.78 is 0. The van der Waals surface area contributed by atoms with E-state index in [4.69, 9.17) is 0 Å². The molecule has 0 aliphatic heterocycles. The van der Waals surface area contributed by atoms with Gasteiger partial charge >= 0.3 is 0 Å². The van der Waals surface area contributed by atoms with Gasteiger partial charge in [-0.25, -0.2) is 0 Å². The first kappa shape index (κ1) is 19.7. The van der Waals surface area contributed by atoms with Crippen molar-refractivity contribution >= 4 is 35.8 Å². The van der Waals surface area contributed by atoms with Crippen molar-refractivity contribution in [2.75, 3.05) is 14.1 Å². The smallest absolute Gasteiger partial charge is 0.251 e. The number of aliphatic imine (C=N–C) groups is 1. The number of rotatable bonds is 5. The van der Waals surface area contributed by atoms with E-state index in [-0.39, 0.29) is 29.9 Å². The second-order valence-electron chi connectivity index (χ2n) is 4.66. The number of carbonyl (C=O) groups is 1. The number of halogens is 1. The van der Waals surface area contributed by atoms with Crippen molar-refractivity contribution in [2.24, 2.45) is 4.99 Å². The summed E-state index contributed by atoms with van der Waals surface area (Å²) in [6, 6.07) is 7.90. The van der Waals surface area contributed by atoms with E-state index in [1.54, 1.807) is 14.1 Å². The predicted octanol–water partition coefficient (Wildman–Crippen LogP) is 2.13. The molecule has 0 aliphatic carbocycles. The van der Waals surface area contributed by atoms with Crippen LogP contribution in [-0.2, 0) is 6.54 Å². The summed E-state index contributed by atoms with van der Waals surface area (Å²) in [5.74, 6) is 0.716. The molecule has 5 nitrogen and oxygen atoms in total. The number of amides is 1. The summed E-state index contributed by atoms with van der Waals surface area (Å²) in [7, 11) is 3.38. The van der Waals surface area contributed by atoms with Crippen LogP contribution in [0.5, 0.6) is 0 Å². The Morgan fingerprint density at radius 3 is 2.38 bits per heavy atom. The van der Waals surface area contributed by atoms with Gasteiger partial charge in [0.2, 0.25) is 0 Å². The van der Waals surface area contributed by atoms with Crippen LogP contribution in [0.25, 0.3) is 0 Å². The fourth-order valence-corrected chi connectivity index (χ4v) is 1.63. The van der Waals surface area contributed by atoms with Crippen LogP contribution in [0.3, 0.4) is 0 Å². The minimum atomic E-state index is -0.0706. The Labute approximate surface area is 144 Å². The average Bonchev–Trinajstić information content (AvgIpc) is 2.50. The number of carbonyl (C=O) groups excluding carboxylic acids is 1. The minimum absolute atomic E-state index is 0. The maximum Gasteiger partial charge on any atom is 0.251 e. The van der Waals surface area contributed by atoms with Crippen LogP contribution in [0.2, 0.25) is 0 Å². The summed E-state index contributed by atoms with van der Waals surface area (Å²) >= 11 is 0. The van der Waals surface area contributed by atoms with Gasteiger partial charge in [0.05, 0.1) is 0 Å². The van der Waals surface area contributed by atoms with E-state index in [0.29, 0.717) is 18.2 Å². The molecule has 0 radical (unpaired) electrons. The van der Waals surface area contributed by atoms with Crippen molar-refractivity contribution in [3.8, 4) is 0 Å². The van der Waals surface area contributed by atoms with Gasteiger partial charge < -0.3 is 16.0 Å². The molecule has 6 heteroatoms. The van der Waals surface area contributed by atoms with Gasteiger partial charge in [0.1, 0.15) is 0 Å². The van der Waals surface area contributed by atoms with Crippen LogP contribution < -0.4 is 16.0 Å². The summed E-state index contributed by atoms with van der Waals surface area (Å²) in [6.07, 6.45) is 1.04. The average molecular weight is 404 g/mol. The molecule has 1 rings (SSSR count).